The van der Waals surface area contributed by atoms with Crippen molar-refractivity contribution in [2.75, 3.05) is 7.05 Å². The summed E-state index contributed by atoms with van der Waals surface area (Å²) < 4.78 is 5.94. The largest absolute Gasteiger partial charge is 0.459 e. The Morgan fingerprint density at radius 1 is 1.09 bits per heavy atom. The van der Waals surface area contributed by atoms with Crippen molar-refractivity contribution < 1.29 is 19.2 Å². The van der Waals surface area contributed by atoms with E-state index in [9.17, 15) is 19.7 Å². The average Bonchev–Trinajstić information content (AvgIpc) is 3.19. The number of hydrogen-bond acceptors (Lipinski definition) is 5. The Bertz CT molecular complexity index is 978. The van der Waals surface area contributed by atoms with Crippen molar-refractivity contribution in [2.24, 2.45) is 28.6 Å². The van der Waals surface area contributed by atoms with Gasteiger partial charge in [0.05, 0.1) is 10.5 Å². The zero-order valence-electron chi connectivity index (χ0n) is 21.8. The number of likely N-dealkylation sites (tertiary alicyclic amines) is 1. The van der Waals surface area contributed by atoms with Crippen LogP contribution < -0.4 is 0 Å². The standard InChI is InChI=1S/C26H34N2O5.C2H6/c1-25-12-10-20-19(8-9-22-26(20,2)13-11-23(29)27(22)3)21(25)14-18(15-25)33-24(30)16-4-6-17(7-5-16)28(31)32;1-2/h4-7,18-22H,8-15H2,1-3H3;1-2H3/t18-,19?,20?,21?,22?,25-,26-;/m1./s1. The Morgan fingerprint density at radius 3 is 2.43 bits per heavy atom. The summed E-state index contributed by atoms with van der Waals surface area (Å²) in [7, 11) is 1.99. The van der Waals surface area contributed by atoms with Crippen molar-refractivity contribution in [3.05, 3.63) is 39.9 Å². The monoisotopic (exact) mass is 484 g/mol. The Morgan fingerprint density at radius 2 is 1.77 bits per heavy atom. The Kier molecular flexibility index (Phi) is 7.00. The normalized spacial score (nSPS) is 37.8. The molecule has 4 unspecified atom stereocenters. The van der Waals surface area contributed by atoms with Crippen molar-refractivity contribution in [3.8, 4) is 0 Å². The number of ether oxygens (including phenoxy) is 1. The third kappa shape index (κ3) is 4.36. The Balaban J connectivity index is 0.00000141. The zero-order chi connectivity index (χ0) is 25.5. The lowest BCUT2D eigenvalue weighted by molar-refractivity contribution is -0.384. The van der Waals surface area contributed by atoms with Crippen LogP contribution in [0.1, 0.15) is 89.4 Å². The minimum absolute atomic E-state index is 0.0313. The second-order valence-electron chi connectivity index (χ2n) is 11.4. The van der Waals surface area contributed by atoms with Gasteiger partial charge in [-0.05, 0) is 85.7 Å². The number of rotatable bonds is 3. The van der Waals surface area contributed by atoms with Gasteiger partial charge in [-0.25, -0.2) is 4.79 Å². The molecule has 0 spiro atoms. The van der Waals surface area contributed by atoms with E-state index in [4.69, 9.17) is 4.74 Å². The minimum Gasteiger partial charge on any atom is -0.459 e. The van der Waals surface area contributed by atoms with Crippen molar-refractivity contribution >= 4 is 17.6 Å². The van der Waals surface area contributed by atoms with Gasteiger partial charge in [-0.2, -0.15) is 0 Å². The van der Waals surface area contributed by atoms with Gasteiger partial charge < -0.3 is 9.64 Å². The number of piperidine rings is 1. The topological polar surface area (TPSA) is 89.8 Å². The molecule has 35 heavy (non-hydrogen) atoms. The number of carbonyl (C=O) groups excluding carboxylic acids is 2. The first-order valence-corrected chi connectivity index (χ1v) is 13.3. The second-order valence-corrected chi connectivity index (χ2v) is 11.4. The molecule has 7 atom stereocenters. The number of esters is 1. The molecule has 4 aliphatic rings. The van der Waals surface area contributed by atoms with Crippen LogP contribution in [-0.2, 0) is 9.53 Å². The summed E-state index contributed by atoms with van der Waals surface area (Å²) in [6.45, 7) is 8.79. The van der Waals surface area contributed by atoms with Gasteiger partial charge in [-0.15, -0.1) is 0 Å². The molecular weight excluding hydrogens is 444 g/mol. The van der Waals surface area contributed by atoms with E-state index in [-0.39, 0.29) is 28.5 Å². The van der Waals surface area contributed by atoms with Gasteiger partial charge in [0.2, 0.25) is 5.91 Å². The molecule has 1 amide bonds. The van der Waals surface area contributed by atoms with Crippen LogP contribution in [0, 0.1) is 38.7 Å². The number of non-ortho nitro benzene ring substituents is 1. The van der Waals surface area contributed by atoms with E-state index in [0.29, 0.717) is 35.8 Å². The fourth-order valence-electron chi connectivity index (χ4n) is 8.17. The maximum absolute atomic E-state index is 12.8. The molecular formula is C28H40N2O5. The number of nitro groups is 1. The van der Waals surface area contributed by atoms with E-state index in [1.807, 2.05) is 25.8 Å². The summed E-state index contributed by atoms with van der Waals surface area (Å²) in [5.74, 6) is 1.67. The van der Waals surface area contributed by atoms with E-state index in [1.165, 1.54) is 30.7 Å². The maximum Gasteiger partial charge on any atom is 0.338 e. The van der Waals surface area contributed by atoms with Gasteiger partial charge in [-0.1, -0.05) is 27.7 Å². The molecule has 0 N–H and O–H groups in total. The molecule has 5 rings (SSSR count). The Labute approximate surface area is 208 Å². The lowest BCUT2D eigenvalue weighted by Gasteiger charge is -2.61. The fraction of sp³-hybridized carbons (Fsp3) is 0.714. The summed E-state index contributed by atoms with van der Waals surface area (Å²) in [5, 5.41) is 10.9. The summed E-state index contributed by atoms with van der Waals surface area (Å²) in [6, 6.07) is 6.00. The van der Waals surface area contributed by atoms with Gasteiger partial charge in [0, 0.05) is 31.6 Å². The molecule has 1 aromatic carbocycles. The first-order chi connectivity index (χ1) is 16.6. The quantitative estimate of drug-likeness (QED) is 0.298. The SMILES string of the molecule is CC.CN1C(=O)CC[C@]2(C)C3CC[C@]4(C)C[C@H](OC(=O)c5ccc([N+](=O)[O-])cc5)CC4C3CCC12. The average molecular weight is 485 g/mol. The molecule has 3 aliphatic carbocycles. The summed E-state index contributed by atoms with van der Waals surface area (Å²) >= 11 is 0. The first kappa shape index (κ1) is 25.6. The molecule has 7 heteroatoms. The molecule has 7 nitrogen and oxygen atoms in total. The molecule has 0 radical (unpaired) electrons. The summed E-state index contributed by atoms with van der Waals surface area (Å²) in [6.07, 6.45) is 7.87. The van der Waals surface area contributed by atoms with E-state index in [2.05, 4.69) is 13.8 Å². The predicted molar refractivity (Wildman–Crippen MR) is 134 cm³/mol. The number of nitro benzene ring substituents is 1. The molecule has 3 saturated carbocycles. The lowest BCUT2D eigenvalue weighted by atomic mass is 9.47. The summed E-state index contributed by atoms with van der Waals surface area (Å²) in [4.78, 5) is 37.5. The van der Waals surface area contributed by atoms with Crippen LogP contribution in [0.3, 0.4) is 0 Å². The lowest BCUT2D eigenvalue weighted by Crippen LogP contribution is -2.61. The van der Waals surface area contributed by atoms with Crippen LogP contribution >= 0.6 is 0 Å². The molecule has 1 saturated heterocycles. The molecule has 1 aliphatic heterocycles. The van der Waals surface area contributed by atoms with Gasteiger partial charge in [0.25, 0.3) is 5.69 Å². The minimum atomic E-state index is -0.469. The summed E-state index contributed by atoms with van der Waals surface area (Å²) in [5.41, 5.74) is 0.694. The van der Waals surface area contributed by atoms with E-state index < -0.39 is 10.9 Å². The van der Waals surface area contributed by atoms with Gasteiger partial charge >= 0.3 is 5.97 Å². The zero-order valence-corrected chi connectivity index (χ0v) is 21.8. The van der Waals surface area contributed by atoms with Crippen LogP contribution in [-0.4, -0.2) is 40.9 Å². The van der Waals surface area contributed by atoms with Crippen LogP contribution in [0.25, 0.3) is 0 Å². The van der Waals surface area contributed by atoms with Crippen molar-refractivity contribution in [1.29, 1.82) is 0 Å². The molecule has 1 aromatic rings. The van der Waals surface area contributed by atoms with E-state index in [1.54, 1.807) is 0 Å². The van der Waals surface area contributed by atoms with E-state index >= 15 is 0 Å². The van der Waals surface area contributed by atoms with E-state index in [0.717, 1.165) is 38.5 Å². The number of nitrogens with zero attached hydrogens (tertiary/aromatic N) is 2. The first-order valence-electron chi connectivity index (χ1n) is 13.3. The second kappa shape index (κ2) is 9.55. The predicted octanol–water partition coefficient (Wildman–Crippen LogP) is 6.01. The number of carbonyl (C=O) groups is 2. The molecule has 192 valence electrons. The number of amides is 1. The van der Waals surface area contributed by atoms with Crippen LogP contribution in [0.4, 0.5) is 5.69 Å². The van der Waals surface area contributed by atoms with Gasteiger partial charge in [0.15, 0.2) is 0 Å². The van der Waals surface area contributed by atoms with Gasteiger partial charge in [0.1, 0.15) is 6.10 Å². The Hall–Kier alpha value is -2.44. The highest BCUT2D eigenvalue weighted by Gasteiger charge is 2.60. The molecule has 0 aromatic heterocycles. The smallest absolute Gasteiger partial charge is 0.338 e. The van der Waals surface area contributed by atoms with Crippen molar-refractivity contribution in [2.45, 2.75) is 91.2 Å². The highest BCUT2D eigenvalue weighted by Crippen LogP contribution is 2.65. The molecule has 1 heterocycles. The number of hydrogen-bond donors (Lipinski definition) is 0. The third-order valence-electron chi connectivity index (χ3n) is 9.87. The number of benzene rings is 1. The molecule has 4 fully saturated rings. The molecule has 0 bridgehead atoms. The highest BCUT2D eigenvalue weighted by molar-refractivity contribution is 5.89. The maximum atomic E-state index is 12.8. The van der Waals surface area contributed by atoms with Crippen LogP contribution in [0.5, 0.6) is 0 Å². The fourth-order valence-corrected chi connectivity index (χ4v) is 8.17. The third-order valence-corrected chi connectivity index (χ3v) is 9.87. The van der Waals surface area contributed by atoms with Crippen LogP contribution in [0.15, 0.2) is 24.3 Å². The van der Waals surface area contributed by atoms with Crippen LogP contribution in [0.2, 0.25) is 0 Å². The van der Waals surface area contributed by atoms with Gasteiger partial charge in [-0.3, -0.25) is 14.9 Å². The highest BCUT2D eigenvalue weighted by atomic mass is 16.6. The van der Waals surface area contributed by atoms with Crippen molar-refractivity contribution in [1.82, 2.24) is 4.90 Å². The van der Waals surface area contributed by atoms with Crippen molar-refractivity contribution in [3.63, 3.8) is 0 Å². The number of fused-ring (bicyclic) bond motifs is 5.